The maximum atomic E-state index is 14.4. The standard InChI is InChI=1S/C37H34BrN3O4S/c1-5-40(6-2)36(43)32-23(3)39-37-41(34(32)33-27-15-11-10-14-26(27)17-19-30(33)44-4)35(42)31(46-37)21-25-16-18-29(28(38)20-25)45-22-24-12-8-7-9-13-24/h7-21,34H,5-6,22H2,1-4H3/b31-21+/t34-/m0/s1. The number of methoxy groups -OCH3 is 1. The third-order valence-corrected chi connectivity index (χ3v) is 9.82. The summed E-state index contributed by atoms with van der Waals surface area (Å²) in [4.78, 5) is 35.7. The fraction of sp³-hybridized carbons (Fsp3) is 0.216. The van der Waals surface area contributed by atoms with Gasteiger partial charge in [0.1, 0.15) is 24.1 Å². The average molecular weight is 697 g/mol. The number of likely N-dealkylation sites (N-methyl/N-ethyl adjacent to an activating group) is 1. The maximum absolute atomic E-state index is 14.4. The number of nitrogens with zero attached hydrogens (tertiary/aromatic N) is 3. The molecule has 5 aromatic rings. The van der Waals surface area contributed by atoms with Crippen LogP contribution in [0.2, 0.25) is 0 Å². The molecule has 4 aromatic carbocycles. The molecule has 2 heterocycles. The van der Waals surface area contributed by atoms with Crippen LogP contribution in [0.1, 0.15) is 43.5 Å². The van der Waals surface area contributed by atoms with E-state index >= 15 is 0 Å². The molecule has 0 radical (unpaired) electrons. The molecule has 234 valence electrons. The van der Waals surface area contributed by atoms with Crippen LogP contribution in [-0.4, -0.2) is 35.6 Å². The summed E-state index contributed by atoms with van der Waals surface area (Å²) in [5, 5.41) is 1.90. The second-order valence-corrected chi connectivity index (χ2v) is 12.8. The topological polar surface area (TPSA) is 73.1 Å². The van der Waals surface area contributed by atoms with Gasteiger partial charge in [0.05, 0.1) is 27.4 Å². The number of hydrogen-bond acceptors (Lipinski definition) is 6. The SMILES string of the molecule is CCN(CC)C(=O)C1=C(C)N=c2s/c(=C/c3ccc(OCc4ccccc4)c(Br)c3)c(=O)n2[C@@H]1c1c(OC)ccc2ccccc12. The van der Waals surface area contributed by atoms with E-state index in [-0.39, 0.29) is 11.5 Å². The summed E-state index contributed by atoms with van der Waals surface area (Å²) >= 11 is 4.95. The molecule has 0 spiro atoms. The van der Waals surface area contributed by atoms with Crippen molar-refractivity contribution in [2.24, 2.45) is 4.99 Å². The van der Waals surface area contributed by atoms with Crippen molar-refractivity contribution in [3.8, 4) is 11.5 Å². The summed E-state index contributed by atoms with van der Waals surface area (Å²) < 4.78 is 14.9. The van der Waals surface area contributed by atoms with Crippen LogP contribution < -0.4 is 24.4 Å². The van der Waals surface area contributed by atoms with Crippen molar-refractivity contribution in [3.63, 3.8) is 0 Å². The first-order valence-corrected chi connectivity index (χ1v) is 16.8. The molecule has 0 bridgehead atoms. The predicted molar refractivity (Wildman–Crippen MR) is 187 cm³/mol. The summed E-state index contributed by atoms with van der Waals surface area (Å²) in [6.45, 7) is 7.28. The van der Waals surface area contributed by atoms with Gasteiger partial charge in [-0.3, -0.25) is 14.2 Å². The molecule has 0 fully saturated rings. The molecule has 1 atom stereocenters. The number of thiazole rings is 1. The number of aromatic nitrogens is 1. The Hall–Kier alpha value is -4.47. The van der Waals surface area contributed by atoms with E-state index in [1.807, 2.05) is 112 Å². The monoisotopic (exact) mass is 695 g/mol. The highest BCUT2D eigenvalue weighted by atomic mass is 79.9. The minimum Gasteiger partial charge on any atom is -0.496 e. The van der Waals surface area contributed by atoms with E-state index in [9.17, 15) is 9.59 Å². The summed E-state index contributed by atoms with van der Waals surface area (Å²) in [7, 11) is 1.62. The normalized spacial score (nSPS) is 14.6. The van der Waals surface area contributed by atoms with Gasteiger partial charge in [-0.05, 0) is 82.9 Å². The lowest BCUT2D eigenvalue weighted by Gasteiger charge is -2.30. The number of amides is 1. The van der Waals surface area contributed by atoms with Crippen LogP contribution in [-0.2, 0) is 11.4 Å². The van der Waals surface area contributed by atoms with Crippen molar-refractivity contribution in [1.29, 1.82) is 0 Å². The first kappa shape index (κ1) is 31.5. The number of hydrogen-bond donors (Lipinski definition) is 0. The zero-order valence-electron chi connectivity index (χ0n) is 26.1. The molecule has 0 aliphatic carbocycles. The molecule has 9 heteroatoms. The lowest BCUT2D eigenvalue weighted by Crippen LogP contribution is -2.43. The number of halogens is 1. The molecule has 0 unspecified atom stereocenters. The lowest BCUT2D eigenvalue weighted by atomic mass is 9.90. The molecule has 1 aromatic heterocycles. The van der Waals surface area contributed by atoms with Crippen molar-refractivity contribution < 1.29 is 14.3 Å². The van der Waals surface area contributed by atoms with E-state index < -0.39 is 6.04 Å². The number of benzene rings is 4. The molecule has 1 aliphatic heterocycles. The van der Waals surface area contributed by atoms with Gasteiger partial charge in [-0.2, -0.15) is 0 Å². The Morgan fingerprint density at radius 3 is 2.43 bits per heavy atom. The molecule has 46 heavy (non-hydrogen) atoms. The molecule has 1 amide bonds. The van der Waals surface area contributed by atoms with Crippen molar-refractivity contribution in [3.05, 3.63) is 137 Å². The Bertz CT molecular complexity index is 2150. The quantitative estimate of drug-likeness (QED) is 0.174. The van der Waals surface area contributed by atoms with E-state index in [2.05, 4.69) is 15.9 Å². The van der Waals surface area contributed by atoms with Gasteiger partial charge >= 0.3 is 0 Å². The van der Waals surface area contributed by atoms with Gasteiger partial charge in [0.15, 0.2) is 4.80 Å². The van der Waals surface area contributed by atoms with Crippen LogP contribution in [0.3, 0.4) is 0 Å². The molecule has 1 aliphatic rings. The van der Waals surface area contributed by atoms with Gasteiger partial charge in [0.2, 0.25) is 0 Å². The fourth-order valence-corrected chi connectivity index (χ4v) is 7.45. The number of fused-ring (bicyclic) bond motifs is 2. The Balaban J connectivity index is 1.49. The molecular weight excluding hydrogens is 662 g/mol. The lowest BCUT2D eigenvalue weighted by molar-refractivity contribution is -0.127. The van der Waals surface area contributed by atoms with Crippen LogP contribution in [0.5, 0.6) is 11.5 Å². The molecule has 7 nitrogen and oxygen atoms in total. The van der Waals surface area contributed by atoms with Crippen LogP contribution in [0.15, 0.2) is 110 Å². The van der Waals surface area contributed by atoms with Crippen LogP contribution in [0.25, 0.3) is 16.8 Å². The Morgan fingerprint density at radius 1 is 1.00 bits per heavy atom. The van der Waals surface area contributed by atoms with Gasteiger partial charge in [0, 0.05) is 18.7 Å². The van der Waals surface area contributed by atoms with Crippen molar-refractivity contribution >= 4 is 50.0 Å². The Kier molecular flexibility index (Phi) is 9.24. The molecule has 0 N–H and O–H groups in total. The average Bonchev–Trinajstić information content (AvgIpc) is 3.37. The van der Waals surface area contributed by atoms with Gasteiger partial charge in [-0.15, -0.1) is 0 Å². The van der Waals surface area contributed by atoms with Gasteiger partial charge in [0.25, 0.3) is 11.5 Å². The summed E-state index contributed by atoms with van der Waals surface area (Å²) in [6.07, 6.45) is 1.86. The van der Waals surface area contributed by atoms with Crippen LogP contribution in [0.4, 0.5) is 0 Å². The predicted octanol–water partition coefficient (Wildman–Crippen LogP) is 6.61. The zero-order valence-corrected chi connectivity index (χ0v) is 28.5. The van der Waals surface area contributed by atoms with E-state index in [1.165, 1.54) is 11.3 Å². The Morgan fingerprint density at radius 2 is 1.72 bits per heavy atom. The molecule has 0 saturated heterocycles. The number of carbonyl (C=O) groups is 1. The summed E-state index contributed by atoms with van der Waals surface area (Å²) in [6, 6.07) is 26.9. The minimum atomic E-state index is -0.729. The summed E-state index contributed by atoms with van der Waals surface area (Å²) in [5.74, 6) is 1.17. The number of allylic oxidation sites excluding steroid dienone is 1. The van der Waals surface area contributed by atoms with E-state index in [0.29, 0.717) is 51.8 Å². The van der Waals surface area contributed by atoms with Crippen LogP contribution >= 0.6 is 27.3 Å². The van der Waals surface area contributed by atoms with E-state index in [0.717, 1.165) is 31.9 Å². The number of ether oxygens (including phenoxy) is 2. The minimum absolute atomic E-state index is 0.143. The van der Waals surface area contributed by atoms with Gasteiger partial charge < -0.3 is 14.4 Å². The first-order chi connectivity index (χ1) is 22.3. The fourth-order valence-electron chi connectivity index (χ4n) is 5.90. The zero-order chi connectivity index (χ0) is 32.4. The maximum Gasteiger partial charge on any atom is 0.271 e. The summed E-state index contributed by atoms with van der Waals surface area (Å²) in [5.41, 5.74) is 3.51. The van der Waals surface area contributed by atoms with Crippen molar-refractivity contribution in [2.45, 2.75) is 33.4 Å². The highest BCUT2D eigenvalue weighted by Gasteiger charge is 2.36. The number of rotatable bonds is 9. The third-order valence-electron chi connectivity index (χ3n) is 8.22. The highest BCUT2D eigenvalue weighted by molar-refractivity contribution is 9.10. The molecule has 0 saturated carbocycles. The van der Waals surface area contributed by atoms with Crippen molar-refractivity contribution in [1.82, 2.24) is 9.47 Å². The van der Waals surface area contributed by atoms with Crippen molar-refractivity contribution in [2.75, 3.05) is 20.2 Å². The van der Waals surface area contributed by atoms with Crippen LogP contribution in [0, 0.1) is 0 Å². The molecule has 6 rings (SSSR count). The van der Waals surface area contributed by atoms with Gasteiger partial charge in [-0.1, -0.05) is 78.1 Å². The highest BCUT2D eigenvalue weighted by Crippen LogP contribution is 2.40. The van der Waals surface area contributed by atoms with E-state index in [1.54, 1.807) is 16.6 Å². The van der Waals surface area contributed by atoms with Gasteiger partial charge in [-0.25, -0.2) is 4.99 Å². The Labute approximate surface area is 279 Å². The first-order valence-electron chi connectivity index (χ1n) is 15.2. The third kappa shape index (κ3) is 5.92. The molecular formula is C37H34BrN3O4S. The second-order valence-electron chi connectivity index (χ2n) is 10.9. The second kappa shape index (κ2) is 13.5. The van der Waals surface area contributed by atoms with E-state index in [4.69, 9.17) is 14.5 Å². The number of carbonyl (C=O) groups excluding carboxylic acids is 1. The largest absolute Gasteiger partial charge is 0.496 e. The smallest absolute Gasteiger partial charge is 0.271 e.